The number of amides is 1. The number of esters is 1. The summed E-state index contributed by atoms with van der Waals surface area (Å²) in [6.45, 7) is -0.368. The Morgan fingerprint density at radius 2 is 2.04 bits per heavy atom. The summed E-state index contributed by atoms with van der Waals surface area (Å²) in [5.41, 5.74) is 2.88. The minimum absolute atomic E-state index is 0.00519. The van der Waals surface area contributed by atoms with Crippen LogP contribution in [0.3, 0.4) is 0 Å². The van der Waals surface area contributed by atoms with Gasteiger partial charge in [-0.3, -0.25) is 4.79 Å². The van der Waals surface area contributed by atoms with Crippen LogP contribution in [0.4, 0.5) is 0 Å². The Morgan fingerprint density at radius 1 is 1.23 bits per heavy atom. The Kier molecular flexibility index (Phi) is 4.44. The van der Waals surface area contributed by atoms with Gasteiger partial charge in [0.1, 0.15) is 0 Å². The number of ether oxygens (including phenoxy) is 1. The first-order valence-electron chi connectivity index (χ1n) is 8.45. The van der Waals surface area contributed by atoms with Gasteiger partial charge in [0, 0.05) is 12.1 Å². The molecule has 1 aliphatic heterocycles. The van der Waals surface area contributed by atoms with E-state index in [4.69, 9.17) is 4.74 Å². The predicted molar refractivity (Wildman–Crippen MR) is 96.8 cm³/mol. The Hall–Kier alpha value is -2.00. The molecular weight excluding hydrogens is 376 g/mol. The third-order valence-corrected chi connectivity index (χ3v) is 7.27. The fourth-order valence-electron chi connectivity index (χ4n) is 3.32. The maximum Gasteiger partial charge on any atom is 0.338 e. The summed E-state index contributed by atoms with van der Waals surface area (Å²) in [5, 5.41) is 0. The van der Waals surface area contributed by atoms with Crippen molar-refractivity contribution in [2.24, 2.45) is 0 Å². The van der Waals surface area contributed by atoms with E-state index >= 15 is 0 Å². The van der Waals surface area contributed by atoms with Gasteiger partial charge in [0.05, 0.1) is 32.8 Å². The molecule has 1 atom stereocenters. The minimum atomic E-state index is -3.08. The van der Waals surface area contributed by atoms with Gasteiger partial charge in [-0.2, -0.15) is 0 Å². The zero-order valence-corrected chi connectivity index (χ0v) is 15.6. The van der Waals surface area contributed by atoms with Crippen LogP contribution in [0.1, 0.15) is 29.6 Å². The van der Waals surface area contributed by atoms with Crippen molar-refractivity contribution >= 4 is 43.3 Å². The molecule has 1 aliphatic carbocycles. The van der Waals surface area contributed by atoms with Gasteiger partial charge in [0.25, 0.3) is 5.91 Å². The summed E-state index contributed by atoms with van der Waals surface area (Å²) in [6, 6.07) is 4.84. The van der Waals surface area contributed by atoms with E-state index in [1.807, 2.05) is 0 Å². The van der Waals surface area contributed by atoms with E-state index in [-0.39, 0.29) is 36.1 Å². The molecule has 138 valence electrons. The van der Waals surface area contributed by atoms with Crippen LogP contribution in [-0.2, 0) is 19.4 Å². The topological polar surface area (TPSA) is 93.6 Å². The van der Waals surface area contributed by atoms with Crippen LogP contribution in [0, 0.1) is 0 Å². The number of hydrogen-bond donors (Lipinski definition) is 0. The van der Waals surface area contributed by atoms with Crippen molar-refractivity contribution in [2.45, 2.75) is 31.3 Å². The molecule has 26 heavy (non-hydrogen) atoms. The molecule has 2 aliphatic rings. The number of benzene rings is 1. The minimum Gasteiger partial charge on any atom is -0.452 e. The Morgan fingerprint density at radius 3 is 2.73 bits per heavy atom. The molecule has 2 heterocycles. The number of sulfone groups is 1. The Balaban J connectivity index is 1.41. The predicted octanol–water partition coefficient (Wildman–Crippen LogP) is 1.63. The number of hydrogen-bond acceptors (Lipinski definition) is 7. The van der Waals surface area contributed by atoms with Gasteiger partial charge in [0.15, 0.2) is 16.4 Å². The first-order chi connectivity index (χ1) is 12.4. The van der Waals surface area contributed by atoms with Crippen LogP contribution in [0.5, 0.6) is 0 Å². The average molecular weight is 394 g/mol. The molecular formula is C17H18N2O5S2. The van der Waals surface area contributed by atoms with Gasteiger partial charge in [-0.25, -0.2) is 18.2 Å². The van der Waals surface area contributed by atoms with Crippen LogP contribution < -0.4 is 0 Å². The van der Waals surface area contributed by atoms with Gasteiger partial charge in [0.2, 0.25) is 0 Å². The zero-order chi connectivity index (χ0) is 18.3. The van der Waals surface area contributed by atoms with E-state index < -0.39 is 15.8 Å². The number of nitrogens with zero attached hydrogens (tertiary/aromatic N) is 2. The highest BCUT2D eigenvalue weighted by Crippen LogP contribution is 2.32. The van der Waals surface area contributed by atoms with Crippen molar-refractivity contribution in [3.63, 3.8) is 0 Å². The molecule has 2 fully saturated rings. The third-order valence-electron chi connectivity index (χ3n) is 4.72. The van der Waals surface area contributed by atoms with Crippen LogP contribution in [0.15, 0.2) is 23.7 Å². The van der Waals surface area contributed by atoms with E-state index in [9.17, 15) is 18.0 Å². The van der Waals surface area contributed by atoms with Gasteiger partial charge < -0.3 is 9.64 Å². The summed E-state index contributed by atoms with van der Waals surface area (Å²) in [5.74, 6) is -0.765. The smallest absolute Gasteiger partial charge is 0.338 e. The van der Waals surface area contributed by atoms with E-state index in [2.05, 4.69) is 4.98 Å². The number of carbonyl (C=O) groups is 2. The summed E-state index contributed by atoms with van der Waals surface area (Å²) in [6.07, 6.45) is 2.21. The molecule has 1 aromatic carbocycles. The highest BCUT2D eigenvalue weighted by atomic mass is 32.2. The maximum atomic E-state index is 12.6. The first-order valence-corrected chi connectivity index (χ1v) is 11.1. The second-order valence-electron chi connectivity index (χ2n) is 6.70. The average Bonchev–Trinajstić information content (AvgIpc) is 3.20. The molecule has 1 aromatic heterocycles. The third kappa shape index (κ3) is 3.59. The highest BCUT2D eigenvalue weighted by molar-refractivity contribution is 7.91. The highest BCUT2D eigenvalue weighted by Gasteiger charge is 2.42. The Bertz CT molecular complexity index is 964. The molecule has 1 saturated carbocycles. The van der Waals surface area contributed by atoms with Crippen molar-refractivity contribution in [1.29, 1.82) is 0 Å². The summed E-state index contributed by atoms with van der Waals surface area (Å²) < 4.78 is 29.5. The number of aromatic nitrogens is 1. The molecule has 0 spiro atoms. The van der Waals surface area contributed by atoms with Crippen molar-refractivity contribution in [1.82, 2.24) is 9.88 Å². The van der Waals surface area contributed by atoms with Crippen molar-refractivity contribution < 1.29 is 22.7 Å². The largest absolute Gasteiger partial charge is 0.452 e. The lowest BCUT2D eigenvalue weighted by molar-refractivity contribution is -0.137. The van der Waals surface area contributed by atoms with E-state index in [0.717, 1.165) is 23.1 Å². The van der Waals surface area contributed by atoms with Crippen LogP contribution in [-0.4, -0.2) is 60.4 Å². The fourth-order valence-corrected chi connectivity index (χ4v) is 5.75. The lowest BCUT2D eigenvalue weighted by Gasteiger charge is -2.28. The second kappa shape index (κ2) is 6.62. The number of carbonyl (C=O) groups excluding carboxylic acids is 2. The van der Waals surface area contributed by atoms with Crippen molar-refractivity contribution in [3.8, 4) is 0 Å². The number of rotatable bonds is 5. The standard InChI is InChI=1S/C17H18N2O5S2/c20-16(19(12-2-3-12)13-5-6-26(22,23)9-13)8-24-17(21)11-1-4-14-15(7-11)25-10-18-14/h1,4,7,10,12-13H,2-3,5-6,8-9H2/t13-/m1/s1. The van der Waals surface area contributed by atoms with E-state index in [1.165, 1.54) is 11.3 Å². The molecule has 0 N–H and O–H groups in total. The molecule has 0 unspecified atom stereocenters. The number of fused-ring (bicyclic) bond motifs is 1. The summed E-state index contributed by atoms with van der Waals surface area (Å²) in [7, 11) is -3.08. The molecule has 1 saturated heterocycles. The van der Waals surface area contributed by atoms with Crippen LogP contribution >= 0.6 is 11.3 Å². The molecule has 0 bridgehead atoms. The quantitative estimate of drug-likeness (QED) is 0.716. The molecule has 9 heteroatoms. The lowest BCUT2D eigenvalue weighted by atomic mass is 10.2. The van der Waals surface area contributed by atoms with E-state index in [1.54, 1.807) is 28.6 Å². The molecule has 1 amide bonds. The lowest BCUT2D eigenvalue weighted by Crippen LogP contribution is -2.44. The van der Waals surface area contributed by atoms with Crippen LogP contribution in [0.25, 0.3) is 10.2 Å². The first kappa shape index (κ1) is 17.4. The fraction of sp³-hybridized carbons (Fsp3) is 0.471. The van der Waals surface area contributed by atoms with Crippen molar-refractivity contribution in [3.05, 3.63) is 29.3 Å². The normalized spacial score (nSPS) is 21.6. The summed E-state index contributed by atoms with van der Waals surface area (Å²) >= 11 is 1.43. The second-order valence-corrected chi connectivity index (χ2v) is 9.82. The molecule has 4 rings (SSSR count). The number of thiazole rings is 1. The monoisotopic (exact) mass is 394 g/mol. The van der Waals surface area contributed by atoms with Gasteiger partial charge in [-0.05, 0) is 37.5 Å². The van der Waals surface area contributed by atoms with Gasteiger partial charge >= 0.3 is 5.97 Å². The Labute approximate surface area is 154 Å². The maximum absolute atomic E-state index is 12.6. The van der Waals surface area contributed by atoms with Crippen LogP contribution in [0.2, 0.25) is 0 Å². The van der Waals surface area contributed by atoms with Crippen molar-refractivity contribution in [2.75, 3.05) is 18.1 Å². The molecule has 0 radical (unpaired) electrons. The summed E-state index contributed by atoms with van der Waals surface area (Å²) in [4.78, 5) is 30.6. The zero-order valence-electron chi connectivity index (χ0n) is 14.0. The van der Waals surface area contributed by atoms with E-state index in [0.29, 0.717) is 12.0 Å². The van der Waals surface area contributed by atoms with Gasteiger partial charge in [-0.15, -0.1) is 11.3 Å². The molecule has 7 nitrogen and oxygen atoms in total. The molecule has 2 aromatic rings. The van der Waals surface area contributed by atoms with Gasteiger partial charge in [-0.1, -0.05) is 0 Å². The SMILES string of the molecule is O=C(OCC(=O)N(C1CC1)[C@@H]1CCS(=O)(=O)C1)c1ccc2ncsc2c1.